The highest BCUT2D eigenvalue weighted by Gasteiger charge is 2.11. The molecule has 0 saturated heterocycles. The Morgan fingerprint density at radius 3 is 2.47 bits per heavy atom. The maximum atomic E-state index is 13.7. The maximum Gasteiger partial charge on any atom is 0.147 e. The van der Waals surface area contributed by atoms with E-state index in [4.69, 9.17) is 11.6 Å². The van der Waals surface area contributed by atoms with Crippen LogP contribution in [0.3, 0.4) is 0 Å². The molecule has 2 aromatic rings. The van der Waals surface area contributed by atoms with E-state index in [1.807, 2.05) is 6.92 Å². The van der Waals surface area contributed by atoms with Gasteiger partial charge in [0, 0.05) is 11.1 Å². The van der Waals surface area contributed by atoms with E-state index in [-0.39, 0.29) is 11.9 Å². The van der Waals surface area contributed by atoms with Crippen LogP contribution in [0.4, 0.5) is 10.1 Å². The lowest BCUT2D eigenvalue weighted by molar-refractivity contribution is 0.627. The third-order valence-corrected chi connectivity index (χ3v) is 3.43. The lowest BCUT2D eigenvalue weighted by atomic mass is 10.00. The van der Waals surface area contributed by atoms with Crippen LogP contribution in [-0.2, 0) is 0 Å². The molecule has 0 heterocycles. The third kappa shape index (κ3) is 3.27. The summed E-state index contributed by atoms with van der Waals surface area (Å²) in [5, 5.41) is 3.59. The lowest BCUT2D eigenvalue weighted by Crippen LogP contribution is -2.09. The molecular weight excluding hydrogens is 261 g/mol. The van der Waals surface area contributed by atoms with E-state index in [1.54, 1.807) is 12.1 Å². The fourth-order valence-electron chi connectivity index (χ4n) is 2.23. The van der Waals surface area contributed by atoms with Gasteiger partial charge in [-0.15, -0.1) is 0 Å². The lowest BCUT2D eigenvalue weighted by Gasteiger charge is -2.18. The van der Waals surface area contributed by atoms with Gasteiger partial charge in [0.2, 0.25) is 0 Å². The highest BCUT2D eigenvalue weighted by atomic mass is 35.5. The molecule has 0 aliphatic rings. The average Bonchev–Trinajstić information content (AvgIpc) is 2.32. The predicted molar refractivity (Wildman–Crippen MR) is 79.4 cm³/mol. The van der Waals surface area contributed by atoms with Crippen LogP contribution in [0.1, 0.15) is 29.7 Å². The van der Waals surface area contributed by atoms with E-state index in [0.29, 0.717) is 10.7 Å². The number of hydrogen-bond acceptors (Lipinski definition) is 1. The summed E-state index contributed by atoms with van der Waals surface area (Å²) in [6, 6.07) is 11.0. The van der Waals surface area contributed by atoms with Crippen molar-refractivity contribution in [1.82, 2.24) is 0 Å². The number of anilines is 1. The molecule has 0 aliphatic carbocycles. The minimum Gasteiger partial charge on any atom is -0.376 e. The number of halogens is 2. The summed E-state index contributed by atoms with van der Waals surface area (Å²) in [7, 11) is 0. The SMILES string of the molecule is Cc1ccc(C(C)Nc2ccc(Cl)cc2F)c(C)c1. The van der Waals surface area contributed by atoms with Gasteiger partial charge in [0.05, 0.1) is 5.69 Å². The smallest absolute Gasteiger partial charge is 0.147 e. The van der Waals surface area contributed by atoms with Gasteiger partial charge < -0.3 is 5.32 Å². The van der Waals surface area contributed by atoms with Crippen molar-refractivity contribution in [1.29, 1.82) is 0 Å². The molecule has 1 atom stereocenters. The van der Waals surface area contributed by atoms with E-state index in [9.17, 15) is 4.39 Å². The average molecular weight is 278 g/mol. The zero-order valence-corrected chi connectivity index (χ0v) is 12.1. The summed E-state index contributed by atoms with van der Waals surface area (Å²) in [6.45, 7) is 6.15. The molecule has 0 radical (unpaired) electrons. The topological polar surface area (TPSA) is 12.0 Å². The van der Waals surface area contributed by atoms with E-state index in [2.05, 4.69) is 37.4 Å². The highest BCUT2D eigenvalue weighted by molar-refractivity contribution is 6.30. The molecule has 0 aliphatic heterocycles. The first-order valence-corrected chi connectivity index (χ1v) is 6.64. The number of aryl methyl sites for hydroxylation is 2. The van der Waals surface area contributed by atoms with Gasteiger partial charge in [0.25, 0.3) is 0 Å². The first-order valence-electron chi connectivity index (χ1n) is 6.26. The van der Waals surface area contributed by atoms with Crippen molar-refractivity contribution in [3.63, 3.8) is 0 Å². The van der Waals surface area contributed by atoms with Crippen molar-refractivity contribution in [2.75, 3.05) is 5.32 Å². The Hall–Kier alpha value is -1.54. The van der Waals surface area contributed by atoms with Crippen LogP contribution in [0, 0.1) is 19.7 Å². The summed E-state index contributed by atoms with van der Waals surface area (Å²) < 4.78 is 13.7. The maximum absolute atomic E-state index is 13.7. The zero-order valence-electron chi connectivity index (χ0n) is 11.3. The van der Waals surface area contributed by atoms with Crippen molar-refractivity contribution >= 4 is 17.3 Å². The Morgan fingerprint density at radius 1 is 1.11 bits per heavy atom. The van der Waals surface area contributed by atoms with Crippen LogP contribution in [0.2, 0.25) is 5.02 Å². The first kappa shape index (κ1) is 13.9. The van der Waals surface area contributed by atoms with Crippen LogP contribution in [0.5, 0.6) is 0 Å². The second-order valence-corrected chi connectivity index (χ2v) is 5.29. The molecule has 0 fully saturated rings. The van der Waals surface area contributed by atoms with Crippen molar-refractivity contribution in [2.24, 2.45) is 0 Å². The van der Waals surface area contributed by atoms with Gasteiger partial charge in [-0.1, -0.05) is 35.4 Å². The van der Waals surface area contributed by atoms with Gasteiger partial charge in [0.1, 0.15) is 5.82 Å². The van der Waals surface area contributed by atoms with Gasteiger partial charge in [-0.3, -0.25) is 0 Å². The monoisotopic (exact) mass is 277 g/mol. The van der Waals surface area contributed by atoms with Crippen molar-refractivity contribution in [3.8, 4) is 0 Å². The van der Waals surface area contributed by atoms with Crippen molar-refractivity contribution in [2.45, 2.75) is 26.8 Å². The van der Waals surface area contributed by atoms with Crippen molar-refractivity contribution in [3.05, 3.63) is 63.9 Å². The second-order valence-electron chi connectivity index (χ2n) is 4.85. The Labute approximate surface area is 118 Å². The molecule has 19 heavy (non-hydrogen) atoms. The molecule has 0 spiro atoms. The van der Waals surface area contributed by atoms with Crippen LogP contribution < -0.4 is 5.32 Å². The number of nitrogens with one attached hydrogen (secondary N) is 1. The van der Waals surface area contributed by atoms with Crippen LogP contribution in [0.25, 0.3) is 0 Å². The minimum absolute atomic E-state index is 0.0382. The highest BCUT2D eigenvalue weighted by Crippen LogP contribution is 2.26. The fraction of sp³-hybridized carbons (Fsp3) is 0.250. The molecule has 1 nitrogen and oxygen atoms in total. The van der Waals surface area contributed by atoms with E-state index in [0.717, 1.165) is 0 Å². The molecular formula is C16H17ClFN. The van der Waals surface area contributed by atoms with Gasteiger partial charge in [-0.05, 0) is 50.1 Å². The molecule has 1 unspecified atom stereocenters. The number of benzene rings is 2. The first-order chi connectivity index (χ1) is 8.97. The summed E-state index contributed by atoms with van der Waals surface area (Å²) in [5.41, 5.74) is 4.07. The molecule has 3 heteroatoms. The number of rotatable bonds is 3. The Kier molecular flexibility index (Phi) is 4.11. The summed E-state index contributed by atoms with van der Waals surface area (Å²) in [4.78, 5) is 0. The Bertz CT molecular complexity index is 595. The molecule has 0 bridgehead atoms. The van der Waals surface area contributed by atoms with Crippen LogP contribution in [-0.4, -0.2) is 0 Å². The number of hydrogen-bond donors (Lipinski definition) is 1. The van der Waals surface area contributed by atoms with Gasteiger partial charge in [-0.25, -0.2) is 4.39 Å². The molecule has 2 aromatic carbocycles. The second kappa shape index (κ2) is 5.62. The predicted octanol–water partition coefficient (Wildman–Crippen LogP) is 5.27. The molecule has 100 valence electrons. The molecule has 1 N–H and O–H groups in total. The molecule has 2 rings (SSSR count). The van der Waals surface area contributed by atoms with E-state index >= 15 is 0 Å². The Balaban J connectivity index is 2.23. The van der Waals surface area contributed by atoms with E-state index < -0.39 is 0 Å². The molecule has 0 saturated carbocycles. The molecule has 0 amide bonds. The summed E-state index contributed by atoms with van der Waals surface area (Å²) in [5.74, 6) is -0.330. The zero-order chi connectivity index (χ0) is 14.0. The van der Waals surface area contributed by atoms with Crippen LogP contribution in [0.15, 0.2) is 36.4 Å². The van der Waals surface area contributed by atoms with E-state index in [1.165, 1.54) is 22.8 Å². The minimum atomic E-state index is -0.330. The normalized spacial score (nSPS) is 12.3. The quantitative estimate of drug-likeness (QED) is 0.806. The largest absolute Gasteiger partial charge is 0.376 e. The summed E-state index contributed by atoms with van der Waals surface area (Å²) in [6.07, 6.45) is 0. The standard InChI is InChI=1S/C16H17ClFN/c1-10-4-6-14(11(2)8-10)12(3)19-16-7-5-13(17)9-15(16)18/h4-9,12,19H,1-3H3. The fourth-order valence-corrected chi connectivity index (χ4v) is 2.39. The van der Waals surface area contributed by atoms with Crippen LogP contribution >= 0.6 is 11.6 Å². The van der Waals surface area contributed by atoms with Gasteiger partial charge in [0.15, 0.2) is 0 Å². The van der Waals surface area contributed by atoms with Gasteiger partial charge >= 0.3 is 0 Å². The third-order valence-electron chi connectivity index (χ3n) is 3.19. The summed E-state index contributed by atoms with van der Waals surface area (Å²) >= 11 is 5.75. The van der Waals surface area contributed by atoms with Crippen molar-refractivity contribution < 1.29 is 4.39 Å². The Morgan fingerprint density at radius 2 is 1.84 bits per heavy atom. The molecule has 0 aromatic heterocycles. The van der Waals surface area contributed by atoms with Gasteiger partial charge in [-0.2, -0.15) is 0 Å².